The second-order valence-corrected chi connectivity index (χ2v) is 2.62. The SMILES string of the molecule is CC(C)=NNC(=O)Nc1nonc1N. The number of aromatic nitrogens is 2. The quantitative estimate of drug-likeness (QED) is 0.462. The van der Waals surface area contributed by atoms with E-state index in [0.717, 1.165) is 0 Å². The number of hydrogen-bond acceptors (Lipinski definition) is 6. The highest BCUT2D eigenvalue weighted by Gasteiger charge is 2.08. The molecule has 8 nitrogen and oxygen atoms in total. The maximum Gasteiger partial charge on any atom is 0.340 e. The van der Waals surface area contributed by atoms with E-state index in [4.69, 9.17) is 5.73 Å². The van der Waals surface area contributed by atoms with Crippen LogP contribution >= 0.6 is 0 Å². The molecule has 1 aromatic heterocycles. The number of nitrogens with two attached hydrogens (primary N) is 1. The number of nitrogen functional groups attached to an aromatic ring is 1. The van der Waals surface area contributed by atoms with Crippen LogP contribution in [0.2, 0.25) is 0 Å². The Labute approximate surface area is 79.5 Å². The summed E-state index contributed by atoms with van der Waals surface area (Å²) in [5.74, 6) is 0.0730. The van der Waals surface area contributed by atoms with Crippen molar-refractivity contribution in [2.24, 2.45) is 5.10 Å². The third-order valence-corrected chi connectivity index (χ3v) is 1.13. The topological polar surface area (TPSA) is 118 Å². The van der Waals surface area contributed by atoms with Gasteiger partial charge in [-0.3, -0.25) is 5.32 Å². The zero-order valence-corrected chi connectivity index (χ0v) is 7.74. The lowest BCUT2D eigenvalue weighted by atomic mass is 10.5. The van der Waals surface area contributed by atoms with Crippen molar-refractivity contribution in [3.63, 3.8) is 0 Å². The van der Waals surface area contributed by atoms with E-state index < -0.39 is 6.03 Å². The Bertz CT molecular complexity index is 353. The molecule has 1 heterocycles. The first-order chi connectivity index (χ1) is 6.59. The summed E-state index contributed by atoms with van der Waals surface area (Å²) in [6.07, 6.45) is 0. The number of rotatable bonds is 2. The van der Waals surface area contributed by atoms with Crippen LogP contribution in [0.1, 0.15) is 13.8 Å². The molecule has 2 amide bonds. The number of urea groups is 1. The van der Waals surface area contributed by atoms with Crippen molar-refractivity contribution >= 4 is 23.4 Å². The normalized spacial score (nSPS) is 9.29. The van der Waals surface area contributed by atoms with Crippen LogP contribution in [0.5, 0.6) is 0 Å². The van der Waals surface area contributed by atoms with Crippen LogP contribution in [-0.4, -0.2) is 22.1 Å². The molecule has 0 fully saturated rings. The highest BCUT2D eigenvalue weighted by molar-refractivity contribution is 5.91. The molecule has 1 aromatic rings. The predicted molar refractivity (Wildman–Crippen MR) is 49.6 cm³/mol. The summed E-state index contributed by atoms with van der Waals surface area (Å²) in [6.45, 7) is 3.48. The van der Waals surface area contributed by atoms with Gasteiger partial charge >= 0.3 is 6.03 Å². The van der Waals surface area contributed by atoms with Crippen molar-refractivity contribution in [2.45, 2.75) is 13.8 Å². The maximum atomic E-state index is 11.1. The van der Waals surface area contributed by atoms with Crippen LogP contribution in [0.3, 0.4) is 0 Å². The van der Waals surface area contributed by atoms with Crippen molar-refractivity contribution in [3.05, 3.63) is 0 Å². The van der Waals surface area contributed by atoms with Crippen molar-refractivity contribution in [2.75, 3.05) is 11.1 Å². The first kappa shape index (κ1) is 9.96. The van der Waals surface area contributed by atoms with Gasteiger partial charge in [0.25, 0.3) is 0 Å². The number of anilines is 2. The highest BCUT2D eigenvalue weighted by atomic mass is 16.6. The number of carbonyl (C=O) groups excluding carboxylic acids is 1. The maximum absolute atomic E-state index is 11.1. The number of carbonyl (C=O) groups is 1. The Morgan fingerprint density at radius 3 is 2.71 bits per heavy atom. The van der Waals surface area contributed by atoms with Crippen LogP contribution in [0.15, 0.2) is 9.73 Å². The van der Waals surface area contributed by atoms with Gasteiger partial charge in [0.2, 0.25) is 11.6 Å². The largest absolute Gasteiger partial charge is 0.378 e. The number of nitrogens with one attached hydrogen (secondary N) is 2. The average molecular weight is 198 g/mol. The minimum absolute atomic E-state index is 0.0114. The molecule has 76 valence electrons. The molecule has 4 N–H and O–H groups in total. The molecule has 0 atom stereocenters. The molecule has 0 aromatic carbocycles. The molecule has 0 saturated heterocycles. The average Bonchev–Trinajstić information content (AvgIpc) is 2.49. The Morgan fingerprint density at radius 1 is 1.50 bits per heavy atom. The molecule has 0 aliphatic carbocycles. The molecule has 0 spiro atoms. The van der Waals surface area contributed by atoms with E-state index in [0.29, 0.717) is 5.71 Å². The van der Waals surface area contributed by atoms with Gasteiger partial charge in [-0.25, -0.2) is 14.8 Å². The number of hydrazone groups is 1. The second kappa shape index (κ2) is 4.21. The first-order valence-corrected chi connectivity index (χ1v) is 3.75. The summed E-state index contributed by atoms with van der Waals surface area (Å²) in [4.78, 5) is 11.1. The fourth-order valence-electron chi connectivity index (χ4n) is 0.580. The van der Waals surface area contributed by atoms with Crippen LogP contribution in [-0.2, 0) is 0 Å². The van der Waals surface area contributed by atoms with Gasteiger partial charge in [0.05, 0.1) is 0 Å². The predicted octanol–water partition coefficient (Wildman–Crippen LogP) is 0.169. The summed E-state index contributed by atoms with van der Waals surface area (Å²) in [5, 5.41) is 12.6. The lowest BCUT2D eigenvalue weighted by Gasteiger charge is -1.99. The summed E-state index contributed by atoms with van der Waals surface area (Å²) in [7, 11) is 0. The van der Waals surface area contributed by atoms with Gasteiger partial charge in [-0.1, -0.05) is 0 Å². The van der Waals surface area contributed by atoms with E-state index in [9.17, 15) is 4.79 Å². The molecular formula is C6H10N6O2. The van der Waals surface area contributed by atoms with Gasteiger partial charge in [0.15, 0.2) is 0 Å². The van der Waals surface area contributed by atoms with Gasteiger partial charge in [-0.15, -0.1) is 0 Å². The van der Waals surface area contributed by atoms with Crippen molar-refractivity contribution in [3.8, 4) is 0 Å². The third kappa shape index (κ3) is 2.73. The number of nitrogens with zero attached hydrogens (tertiary/aromatic N) is 3. The van der Waals surface area contributed by atoms with Crippen LogP contribution in [0, 0.1) is 0 Å². The van der Waals surface area contributed by atoms with E-state index in [1.54, 1.807) is 13.8 Å². The Kier molecular flexibility index (Phi) is 3.00. The van der Waals surface area contributed by atoms with Crippen molar-refractivity contribution in [1.82, 2.24) is 15.7 Å². The molecule has 0 saturated carbocycles. The molecule has 0 radical (unpaired) electrons. The zero-order chi connectivity index (χ0) is 10.6. The fourth-order valence-corrected chi connectivity index (χ4v) is 0.580. The van der Waals surface area contributed by atoms with Gasteiger partial charge in [-0.2, -0.15) is 5.10 Å². The number of hydrogen-bond donors (Lipinski definition) is 3. The Morgan fingerprint density at radius 2 is 2.21 bits per heavy atom. The molecule has 0 aliphatic rings. The second-order valence-electron chi connectivity index (χ2n) is 2.62. The van der Waals surface area contributed by atoms with Gasteiger partial charge < -0.3 is 5.73 Å². The molecule has 8 heteroatoms. The zero-order valence-electron chi connectivity index (χ0n) is 7.74. The monoisotopic (exact) mass is 198 g/mol. The van der Waals surface area contributed by atoms with Crippen molar-refractivity contribution in [1.29, 1.82) is 0 Å². The summed E-state index contributed by atoms with van der Waals surface area (Å²) >= 11 is 0. The first-order valence-electron chi connectivity index (χ1n) is 3.75. The molecule has 0 aliphatic heterocycles. The van der Waals surface area contributed by atoms with E-state index in [2.05, 4.69) is 30.8 Å². The molecule has 1 rings (SSSR count). The Balaban J connectivity index is 2.50. The third-order valence-electron chi connectivity index (χ3n) is 1.13. The standard InChI is InChI=1S/C6H10N6O2/c1-3(2)9-10-6(13)8-5-4(7)11-14-12-5/h1-2H3,(H2,7,11)(H2,8,10,12,13). The molecular weight excluding hydrogens is 188 g/mol. The van der Waals surface area contributed by atoms with E-state index >= 15 is 0 Å². The highest BCUT2D eigenvalue weighted by Crippen LogP contribution is 2.09. The lowest BCUT2D eigenvalue weighted by molar-refractivity contribution is 0.252. The molecule has 14 heavy (non-hydrogen) atoms. The van der Waals surface area contributed by atoms with Crippen LogP contribution in [0.4, 0.5) is 16.4 Å². The van der Waals surface area contributed by atoms with Crippen LogP contribution < -0.4 is 16.5 Å². The summed E-state index contributed by atoms with van der Waals surface area (Å²) < 4.78 is 4.27. The Hall–Kier alpha value is -2.12. The molecule has 0 bridgehead atoms. The van der Waals surface area contributed by atoms with Crippen molar-refractivity contribution < 1.29 is 9.42 Å². The van der Waals surface area contributed by atoms with Gasteiger partial charge in [0.1, 0.15) is 0 Å². The molecule has 0 unspecified atom stereocenters. The summed E-state index contributed by atoms with van der Waals surface area (Å²) in [5.41, 5.74) is 8.23. The summed E-state index contributed by atoms with van der Waals surface area (Å²) in [6, 6.07) is -0.561. The minimum Gasteiger partial charge on any atom is -0.378 e. The lowest BCUT2D eigenvalue weighted by Crippen LogP contribution is -2.25. The van der Waals surface area contributed by atoms with E-state index in [1.807, 2.05) is 0 Å². The van der Waals surface area contributed by atoms with Gasteiger partial charge in [-0.05, 0) is 24.2 Å². The fraction of sp³-hybridized carbons (Fsp3) is 0.333. The van der Waals surface area contributed by atoms with Gasteiger partial charge in [0, 0.05) is 5.71 Å². The number of amides is 2. The van der Waals surface area contributed by atoms with E-state index in [-0.39, 0.29) is 11.6 Å². The minimum atomic E-state index is -0.561. The smallest absolute Gasteiger partial charge is 0.340 e. The van der Waals surface area contributed by atoms with Crippen LogP contribution in [0.25, 0.3) is 0 Å². The van der Waals surface area contributed by atoms with E-state index in [1.165, 1.54) is 0 Å².